The molecule has 1 aliphatic carbocycles. The van der Waals surface area contributed by atoms with E-state index < -0.39 is 17.2 Å². The lowest BCUT2D eigenvalue weighted by atomic mass is 10.1. The quantitative estimate of drug-likeness (QED) is 0.173. The molecule has 1 saturated heterocycles. The van der Waals surface area contributed by atoms with Crippen LogP contribution >= 0.6 is 0 Å². The molecule has 0 spiro atoms. The second kappa shape index (κ2) is 17.6. The lowest BCUT2D eigenvalue weighted by molar-refractivity contribution is -0.927. The van der Waals surface area contributed by atoms with Crippen LogP contribution in [-0.2, 0) is 4.84 Å². The Morgan fingerprint density at radius 1 is 1.05 bits per heavy atom. The number of fused-ring (bicyclic) bond motifs is 1. The number of piperazine rings is 1. The first kappa shape index (κ1) is 35.7. The van der Waals surface area contributed by atoms with E-state index in [9.17, 15) is 9.59 Å². The van der Waals surface area contributed by atoms with Crippen LogP contribution in [0.2, 0.25) is 0 Å². The van der Waals surface area contributed by atoms with Crippen molar-refractivity contribution in [1.29, 1.82) is 0 Å². The number of nitrogens with zero attached hydrogens (tertiary/aromatic N) is 4. The summed E-state index contributed by atoms with van der Waals surface area (Å²) in [6, 6.07) is 3.40. The van der Waals surface area contributed by atoms with Crippen molar-refractivity contribution < 1.29 is 18.5 Å². The van der Waals surface area contributed by atoms with E-state index in [-0.39, 0.29) is 17.0 Å². The van der Waals surface area contributed by atoms with E-state index in [4.69, 9.17) is 4.84 Å². The summed E-state index contributed by atoms with van der Waals surface area (Å²) >= 11 is 0. The highest BCUT2D eigenvalue weighted by Crippen LogP contribution is 2.38. The van der Waals surface area contributed by atoms with E-state index in [1.807, 2.05) is 24.5 Å². The number of hydrogen-bond acceptors (Lipinski definition) is 5. The van der Waals surface area contributed by atoms with E-state index in [0.29, 0.717) is 11.2 Å². The van der Waals surface area contributed by atoms with Gasteiger partial charge in [-0.2, -0.15) is 0 Å². The third-order valence-electron chi connectivity index (χ3n) is 8.77. The standard InChI is InChI=1S/C30H46FN4O3.C2H6.CH5N/c1-5-7-8-9-10-11-12-17-35(6-2)18-15-33(16-19-35)28-21-27-24(20-26(28)31)29(36)25(30(37)32(3)38-4)22-34(27)23-13-14-23;2*1-2/h20-23H,5-19H2,1-4H3;1-2H3;2H2,1H3/q+1;;. The number of rotatable bonds is 13. The van der Waals surface area contributed by atoms with Gasteiger partial charge in [0.2, 0.25) is 5.43 Å². The summed E-state index contributed by atoms with van der Waals surface area (Å²) in [5.41, 5.74) is 5.32. The number of amides is 1. The molecule has 1 aromatic carbocycles. The number of halogens is 1. The molecule has 2 fully saturated rings. The fourth-order valence-electron chi connectivity index (χ4n) is 5.89. The van der Waals surface area contributed by atoms with E-state index in [0.717, 1.165) is 55.1 Å². The zero-order chi connectivity index (χ0) is 31.3. The molecule has 2 aliphatic rings. The van der Waals surface area contributed by atoms with Crippen molar-refractivity contribution >= 4 is 22.5 Å². The largest absolute Gasteiger partial charge is 0.358 e. The van der Waals surface area contributed by atoms with Gasteiger partial charge in [0.15, 0.2) is 0 Å². The topological polar surface area (TPSA) is 80.8 Å². The third-order valence-corrected chi connectivity index (χ3v) is 8.77. The van der Waals surface area contributed by atoms with Gasteiger partial charge in [-0.05, 0) is 51.8 Å². The van der Waals surface area contributed by atoms with E-state index >= 15 is 4.39 Å². The Balaban J connectivity index is 0.00000148. The Hall–Kier alpha value is -2.49. The molecule has 1 aromatic heterocycles. The molecular formula is C33H57FN5O3+. The zero-order valence-corrected chi connectivity index (χ0v) is 27.4. The molecular weight excluding hydrogens is 533 g/mol. The van der Waals surface area contributed by atoms with E-state index in [1.165, 1.54) is 78.8 Å². The Morgan fingerprint density at radius 2 is 1.64 bits per heavy atom. The first-order valence-electron chi connectivity index (χ1n) is 16.2. The molecule has 42 heavy (non-hydrogen) atoms. The average Bonchev–Trinajstić information content (AvgIpc) is 3.88. The fourth-order valence-corrected chi connectivity index (χ4v) is 5.89. The maximum atomic E-state index is 15.5. The number of hydroxylamine groups is 2. The molecule has 0 bridgehead atoms. The van der Waals surface area contributed by atoms with Crippen molar-refractivity contribution in [3.63, 3.8) is 0 Å². The highest BCUT2D eigenvalue weighted by Gasteiger charge is 2.33. The second-order valence-electron chi connectivity index (χ2n) is 11.3. The van der Waals surface area contributed by atoms with Gasteiger partial charge in [0.05, 0.1) is 57.6 Å². The van der Waals surface area contributed by atoms with Gasteiger partial charge in [0.1, 0.15) is 11.4 Å². The monoisotopic (exact) mass is 590 g/mol. The number of benzene rings is 1. The molecule has 9 heteroatoms. The molecule has 1 amide bonds. The number of hydrogen-bond donors (Lipinski definition) is 1. The Morgan fingerprint density at radius 3 is 2.19 bits per heavy atom. The summed E-state index contributed by atoms with van der Waals surface area (Å²) in [4.78, 5) is 33.2. The van der Waals surface area contributed by atoms with Gasteiger partial charge in [0.25, 0.3) is 5.91 Å². The Kier molecular flexibility index (Phi) is 14.9. The number of carbonyl (C=O) groups is 1. The average molecular weight is 591 g/mol. The van der Waals surface area contributed by atoms with Crippen LogP contribution in [0.1, 0.15) is 102 Å². The van der Waals surface area contributed by atoms with Crippen molar-refractivity contribution in [2.45, 2.75) is 91.5 Å². The minimum atomic E-state index is -0.524. The molecule has 1 saturated carbocycles. The molecule has 2 N–H and O–H groups in total. The minimum absolute atomic E-state index is 0.00858. The minimum Gasteiger partial charge on any atom is -0.358 e. The number of likely N-dealkylation sites (N-methyl/N-ethyl adjacent to an activating group) is 1. The van der Waals surface area contributed by atoms with Crippen molar-refractivity contribution in [2.75, 3.05) is 65.4 Å². The van der Waals surface area contributed by atoms with Crippen LogP contribution in [0, 0.1) is 5.82 Å². The first-order valence-corrected chi connectivity index (χ1v) is 16.2. The van der Waals surface area contributed by atoms with Gasteiger partial charge in [-0.15, -0.1) is 0 Å². The molecule has 4 rings (SSSR count). The zero-order valence-electron chi connectivity index (χ0n) is 27.4. The second-order valence-corrected chi connectivity index (χ2v) is 11.3. The number of quaternary nitrogens is 1. The molecule has 0 atom stereocenters. The molecule has 2 aromatic rings. The van der Waals surface area contributed by atoms with E-state index in [2.05, 4.69) is 24.5 Å². The molecule has 8 nitrogen and oxygen atoms in total. The van der Waals surface area contributed by atoms with Crippen LogP contribution in [-0.4, -0.2) is 80.5 Å². The first-order chi connectivity index (χ1) is 20.3. The fraction of sp³-hybridized carbons (Fsp3) is 0.697. The SMILES string of the molecule is CC.CCCCCCCCC[N+]1(CC)CCN(c2cc3c(cc2F)c(=O)c(C(=O)N(C)OC)cn3C2CC2)CC1.CN. The maximum Gasteiger partial charge on any atom is 0.282 e. The summed E-state index contributed by atoms with van der Waals surface area (Å²) in [5, 5.41) is 1.28. The number of anilines is 1. The predicted molar refractivity (Wildman–Crippen MR) is 173 cm³/mol. The Labute approximate surface area is 253 Å². The number of aromatic nitrogens is 1. The molecule has 0 unspecified atom stereocenters. The van der Waals surface area contributed by atoms with Crippen LogP contribution in [0.15, 0.2) is 23.1 Å². The number of pyridine rings is 1. The highest BCUT2D eigenvalue weighted by molar-refractivity contribution is 5.97. The van der Waals surface area contributed by atoms with Crippen LogP contribution in [0.25, 0.3) is 10.9 Å². The highest BCUT2D eigenvalue weighted by atomic mass is 19.1. The lowest BCUT2D eigenvalue weighted by Crippen LogP contribution is -2.60. The summed E-state index contributed by atoms with van der Waals surface area (Å²) in [7, 11) is 4.35. The normalized spacial score (nSPS) is 15.9. The van der Waals surface area contributed by atoms with E-state index in [1.54, 1.807) is 6.20 Å². The smallest absolute Gasteiger partial charge is 0.282 e. The van der Waals surface area contributed by atoms with Crippen molar-refractivity contribution in [3.05, 3.63) is 39.9 Å². The summed E-state index contributed by atoms with van der Waals surface area (Å²) in [6.07, 6.45) is 12.8. The molecule has 1 aliphatic heterocycles. The van der Waals surface area contributed by atoms with Crippen LogP contribution in [0.3, 0.4) is 0 Å². The van der Waals surface area contributed by atoms with Gasteiger partial charge in [-0.3, -0.25) is 14.4 Å². The van der Waals surface area contributed by atoms with Gasteiger partial charge in [-0.1, -0.05) is 52.9 Å². The van der Waals surface area contributed by atoms with Gasteiger partial charge in [-0.25, -0.2) is 9.45 Å². The Bertz CT molecular complexity index is 1170. The van der Waals surface area contributed by atoms with Crippen molar-refractivity contribution in [3.8, 4) is 0 Å². The number of unbranched alkanes of at least 4 members (excludes halogenated alkanes) is 6. The van der Waals surface area contributed by atoms with Crippen LogP contribution < -0.4 is 16.1 Å². The summed E-state index contributed by atoms with van der Waals surface area (Å²) in [6.45, 7) is 14.5. The summed E-state index contributed by atoms with van der Waals surface area (Å²) < 4.78 is 18.6. The maximum absolute atomic E-state index is 15.5. The van der Waals surface area contributed by atoms with Gasteiger partial charge < -0.3 is 19.7 Å². The van der Waals surface area contributed by atoms with Crippen molar-refractivity contribution in [2.24, 2.45) is 5.73 Å². The molecule has 0 radical (unpaired) electrons. The predicted octanol–water partition coefficient (Wildman–Crippen LogP) is 6.12. The number of nitrogens with two attached hydrogens (primary N) is 1. The molecule has 2 heterocycles. The van der Waals surface area contributed by atoms with Gasteiger partial charge >= 0.3 is 0 Å². The molecule has 238 valence electrons. The summed E-state index contributed by atoms with van der Waals surface area (Å²) in [5.74, 6) is -0.922. The van der Waals surface area contributed by atoms with Gasteiger partial charge in [0, 0.05) is 24.7 Å². The van der Waals surface area contributed by atoms with Crippen molar-refractivity contribution in [1.82, 2.24) is 9.63 Å². The third kappa shape index (κ3) is 8.77. The van der Waals surface area contributed by atoms with Crippen LogP contribution in [0.4, 0.5) is 10.1 Å². The van der Waals surface area contributed by atoms with Crippen LogP contribution in [0.5, 0.6) is 0 Å². The number of carbonyl (C=O) groups excluding carboxylic acids is 1. The lowest BCUT2D eigenvalue weighted by Gasteiger charge is -2.45.